The van der Waals surface area contributed by atoms with Crippen molar-refractivity contribution in [3.8, 4) is 28.3 Å². The number of hydrogen-bond acceptors (Lipinski definition) is 9. The van der Waals surface area contributed by atoms with E-state index in [0.717, 1.165) is 55.2 Å². The highest BCUT2D eigenvalue weighted by atomic mass is 35.5. The number of carbonyl (C=O) groups excluding carboxylic acids is 1. The molecule has 3 N–H and O–H groups in total. The van der Waals surface area contributed by atoms with Gasteiger partial charge in [-0.3, -0.25) is 14.5 Å². The van der Waals surface area contributed by atoms with Gasteiger partial charge in [-0.1, -0.05) is 35.9 Å². The van der Waals surface area contributed by atoms with Crippen LogP contribution in [0.1, 0.15) is 71.7 Å². The molecule has 5 aromatic rings. The molecule has 58 heavy (non-hydrogen) atoms. The monoisotopic (exact) mass is 816 g/mol. The van der Waals surface area contributed by atoms with Crippen molar-refractivity contribution in [2.75, 3.05) is 38.7 Å². The van der Waals surface area contributed by atoms with Gasteiger partial charge in [-0.15, -0.1) is 0 Å². The van der Waals surface area contributed by atoms with Gasteiger partial charge >= 0.3 is 12.6 Å². The Morgan fingerprint density at radius 2 is 1.79 bits per heavy atom. The molecule has 2 bridgehead atoms. The fourth-order valence-corrected chi connectivity index (χ4v) is 9.88. The number of amides is 1. The Bertz CT molecular complexity index is 2370. The van der Waals surface area contributed by atoms with Crippen LogP contribution < -0.4 is 15.4 Å². The summed E-state index contributed by atoms with van der Waals surface area (Å²) in [5.41, 5.74) is 7.04. The third-order valence-corrected chi connectivity index (χ3v) is 13.0. The smallest absolute Gasteiger partial charge is 0.387 e. The maximum absolute atomic E-state index is 13.8. The largest absolute Gasteiger partial charge is 0.480 e. The maximum Gasteiger partial charge on any atom is 0.387 e. The predicted octanol–water partition coefficient (Wildman–Crippen LogP) is 8.23. The molecule has 0 atom stereocenters. The second-order valence-corrected chi connectivity index (χ2v) is 16.6. The molecule has 306 valence electrons. The molecule has 0 spiro atoms. The van der Waals surface area contributed by atoms with Crippen molar-refractivity contribution in [1.29, 1.82) is 0 Å². The number of carboxylic acid groups (broad SMARTS) is 1. The van der Waals surface area contributed by atoms with Crippen LogP contribution in [0.15, 0.2) is 52.9 Å². The average Bonchev–Trinajstić information content (AvgIpc) is 3.95. The first-order chi connectivity index (χ1) is 27.9. The maximum atomic E-state index is 13.8. The first-order valence-electron chi connectivity index (χ1n) is 19.6. The zero-order valence-electron chi connectivity index (χ0n) is 32.8. The molecule has 0 radical (unpaired) electrons. The molecule has 2 aliphatic carbocycles. The summed E-state index contributed by atoms with van der Waals surface area (Å²) in [6.07, 6.45) is 8.42. The molecule has 8 rings (SSSR count). The average molecular weight is 817 g/mol. The first kappa shape index (κ1) is 39.9. The molecular weight excluding hydrogens is 770 g/mol. The number of methoxy groups -OCH3 is 1. The van der Waals surface area contributed by atoms with Crippen LogP contribution >= 0.6 is 11.6 Å². The fraction of sp³-hybridized carbons (Fsp3) is 0.442. The zero-order valence-corrected chi connectivity index (χ0v) is 33.6. The predicted molar refractivity (Wildman–Crippen MR) is 215 cm³/mol. The number of oxazole rings is 1. The highest BCUT2D eigenvalue weighted by Crippen LogP contribution is 2.63. The molecule has 0 unspecified atom stereocenters. The quantitative estimate of drug-likeness (QED) is 0.0946. The van der Waals surface area contributed by atoms with Gasteiger partial charge in [0.25, 0.3) is 5.91 Å². The van der Waals surface area contributed by atoms with E-state index in [2.05, 4.69) is 20.5 Å². The van der Waals surface area contributed by atoms with Crippen LogP contribution in [0, 0.1) is 17.8 Å². The number of carbonyl (C=O) groups is 2. The van der Waals surface area contributed by atoms with E-state index in [9.17, 15) is 18.4 Å². The normalized spacial score (nSPS) is 20.3. The van der Waals surface area contributed by atoms with Crippen LogP contribution in [-0.4, -0.2) is 76.4 Å². The topological polar surface area (TPSA) is 144 Å². The van der Waals surface area contributed by atoms with Crippen molar-refractivity contribution in [1.82, 2.24) is 24.8 Å². The first-order valence-corrected chi connectivity index (χ1v) is 20.0. The van der Waals surface area contributed by atoms with Gasteiger partial charge in [0.2, 0.25) is 5.89 Å². The molecule has 0 saturated heterocycles. The standard InChI is InChI=1S/C43H47ClF2N6O6/c1-25-27(6-4-7-28(25)40-50-31-18-26(20-47-21-36(53)54)34(58-41(45)46)19-35(31)57-40)29-8-5-9-30(37(29)44)49-39(55)38-48-32-22-52(16-10-33(32)51(38)2)17-15-42-11-13-43(23-42,14-12-42)24-56-3/h4-9,18-19,41,47H,10-17,20-24H2,1-3H3,(H,49,55)(H,53,54). The van der Waals surface area contributed by atoms with E-state index in [1.54, 1.807) is 6.07 Å². The second-order valence-electron chi connectivity index (χ2n) is 16.2. The van der Waals surface area contributed by atoms with Gasteiger partial charge in [-0.05, 0) is 92.1 Å². The zero-order chi connectivity index (χ0) is 40.8. The number of imidazole rings is 1. The van der Waals surface area contributed by atoms with Crippen molar-refractivity contribution < 1.29 is 37.4 Å². The van der Waals surface area contributed by atoms with E-state index >= 15 is 0 Å². The Hall–Kier alpha value is -4.89. The lowest BCUT2D eigenvalue weighted by Crippen LogP contribution is -2.34. The van der Waals surface area contributed by atoms with Crippen molar-refractivity contribution in [2.45, 2.75) is 71.6 Å². The molecule has 1 amide bonds. The van der Waals surface area contributed by atoms with Crippen LogP contribution in [-0.2, 0) is 36.1 Å². The van der Waals surface area contributed by atoms with E-state index in [1.165, 1.54) is 50.7 Å². The van der Waals surface area contributed by atoms with E-state index in [0.29, 0.717) is 49.6 Å². The lowest BCUT2D eigenvalue weighted by molar-refractivity contribution is -0.136. The number of anilines is 1. The van der Waals surface area contributed by atoms with Gasteiger partial charge in [0.15, 0.2) is 11.4 Å². The number of fused-ring (bicyclic) bond motifs is 4. The minimum absolute atomic E-state index is 0.0370. The molecule has 3 aromatic carbocycles. The minimum Gasteiger partial charge on any atom is -0.480 e. The fourth-order valence-electron chi connectivity index (χ4n) is 9.61. The van der Waals surface area contributed by atoms with Crippen LogP contribution in [0.25, 0.3) is 33.7 Å². The summed E-state index contributed by atoms with van der Waals surface area (Å²) in [6, 6.07) is 13.9. The highest BCUT2D eigenvalue weighted by molar-refractivity contribution is 6.36. The summed E-state index contributed by atoms with van der Waals surface area (Å²) in [7, 11) is 3.71. The Morgan fingerprint density at radius 1 is 1.05 bits per heavy atom. The number of nitrogens with zero attached hydrogens (tertiary/aromatic N) is 4. The van der Waals surface area contributed by atoms with Gasteiger partial charge in [0.1, 0.15) is 11.3 Å². The van der Waals surface area contributed by atoms with E-state index < -0.39 is 12.6 Å². The Morgan fingerprint density at radius 3 is 2.55 bits per heavy atom. The molecule has 12 nitrogen and oxygen atoms in total. The summed E-state index contributed by atoms with van der Waals surface area (Å²) >= 11 is 7.04. The number of aliphatic carboxylic acids is 1. The number of alkyl halides is 2. The summed E-state index contributed by atoms with van der Waals surface area (Å²) in [5.74, 6) is -1.01. The summed E-state index contributed by atoms with van der Waals surface area (Å²) < 4.78 is 44.8. The molecule has 3 aliphatic rings. The SMILES string of the molecule is COCC12CCC(CCN3CCc4c(nc(C(=O)Nc5cccc(-c6cccc(-c7nc8cc(CNCC(=O)O)c(OC(F)F)cc8o7)c6C)c5Cl)n4C)C3)(CC1)C2. The van der Waals surface area contributed by atoms with Crippen molar-refractivity contribution >= 4 is 40.3 Å². The number of rotatable bonds is 15. The number of halogens is 3. The van der Waals surface area contributed by atoms with Crippen molar-refractivity contribution in [3.05, 3.63) is 81.9 Å². The van der Waals surface area contributed by atoms with Crippen molar-refractivity contribution in [3.63, 3.8) is 0 Å². The van der Waals surface area contributed by atoms with Crippen LogP contribution in [0.3, 0.4) is 0 Å². The number of nitrogens with one attached hydrogen (secondary N) is 2. The van der Waals surface area contributed by atoms with Gasteiger partial charge in [0, 0.05) is 68.7 Å². The number of hydrogen-bond donors (Lipinski definition) is 3. The van der Waals surface area contributed by atoms with Gasteiger partial charge in [0.05, 0.1) is 29.6 Å². The van der Waals surface area contributed by atoms with E-state index in [-0.39, 0.29) is 36.2 Å². The van der Waals surface area contributed by atoms with E-state index in [4.69, 9.17) is 35.6 Å². The summed E-state index contributed by atoms with van der Waals surface area (Å²) in [4.78, 5) is 36.8. The molecule has 3 heterocycles. The third kappa shape index (κ3) is 7.82. The third-order valence-electron chi connectivity index (χ3n) is 12.5. The Balaban J connectivity index is 0.980. The molecule has 2 saturated carbocycles. The lowest BCUT2D eigenvalue weighted by Gasteiger charge is -2.32. The van der Waals surface area contributed by atoms with Crippen LogP contribution in [0.4, 0.5) is 14.5 Å². The number of benzene rings is 3. The van der Waals surface area contributed by atoms with Crippen LogP contribution in [0.5, 0.6) is 5.75 Å². The molecule has 2 fully saturated rings. The van der Waals surface area contributed by atoms with Gasteiger partial charge < -0.3 is 34.2 Å². The second kappa shape index (κ2) is 16.0. The Labute approximate surface area is 339 Å². The van der Waals surface area contributed by atoms with E-state index in [1.807, 2.05) is 56.0 Å². The number of aromatic nitrogens is 3. The van der Waals surface area contributed by atoms with Gasteiger partial charge in [-0.25, -0.2) is 9.97 Å². The summed E-state index contributed by atoms with van der Waals surface area (Å²) in [6.45, 7) is 1.96. The lowest BCUT2D eigenvalue weighted by atomic mass is 9.80. The highest BCUT2D eigenvalue weighted by Gasteiger charge is 2.53. The molecule has 15 heteroatoms. The van der Waals surface area contributed by atoms with Crippen LogP contribution in [0.2, 0.25) is 5.02 Å². The Kier molecular flexibility index (Phi) is 11.0. The number of ether oxygens (including phenoxy) is 2. The van der Waals surface area contributed by atoms with Gasteiger partial charge in [-0.2, -0.15) is 8.78 Å². The minimum atomic E-state index is -3.09. The summed E-state index contributed by atoms with van der Waals surface area (Å²) in [5, 5.41) is 15.0. The molecular formula is C43H47ClF2N6O6. The number of carboxylic acids is 1. The van der Waals surface area contributed by atoms with Crippen molar-refractivity contribution in [2.24, 2.45) is 17.9 Å². The molecule has 1 aliphatic heterocycles. The molecule has 2 aromatic heterocycles.